The molecule has 1 fully saturated rings. The minimum atomic E-state index is -0.168. The maximum atomic E-state index is 12.9. The van der Waals surface area contributed by atoms with Gasteiger partial charge >= 0.3 is 5.69 Å². The van der Waals surface area contributed by atoms with Crippen LogP contribution in [0.2, 0.25) is 0 Å². The number of aromatic nitrogens is 3. The molecule has 2 aliphatic heterocycles. The Kier molecular flexibility index (Phi) is 3.32. The summed E-state index contributed by atoms with van der Waals surface area (Å²) >= 11 is 0. The van der Waals surface area contributed by atoms with Gasteiger partial charge in [-0.05, 0) is 25.3 Å². The number of fused-ring (bicyclic) bond motifs is 3. The lowest BCUT2D eigenvalue weighted by molar-refractivity contribution is -0.133. The van der Waals surface area contributed by atoms with Crippen molar-refractivity contribution >= 4 is 5.91 Å². The third kappa shape index (κ3) is 2.48. The molecule has 23 heavy (non-hydrogen) atoms. The van der Waals surface area contributed by atoms with E-state index >= 15 is 0 Å². The Balaban J connectivity index is 1.58. The fraction of sp³-hybridized carbons (Fsp3) is 0.471. The van der Waals surface area contributed by atoms with E-state index in [4.69, 9.17) is 0 Å². The van der Waals surface area contributed by atoms with E-state index in [-0.39, 0.29) is 23.7 Å². The molecule has 0 aliphatic carbocycles. The van der Waals surface area contributed by atoms with Gasteiger partial charge in [0.15, 0.2) is 0 Å². The maximum absolute atomic E-state index is 12.9. The van der Waals surface area contributed by atoms with Gasteiger partial charge in [0.2, 0.25) is 5.91 Å². The van der Waals surface area contributed by atoms with Crippen LogP contribution < -0.4 is 5.69 Å². The average Bonchev–Trinajstić information content (AvgIpc) is 2.99. The minimum Gasteiger partial charge on any atom is -0.334 e. The highest BCUT2D eigenvalue weighted by atomic mass is 16.2. The molecule has 1 saturated heterocycles. The third-order valence-electron chi connectivity index (χ3n) is 4.99. The lowest BCUT2D eigenvalue weighted by atomic mass is 10.1. The van der Waals surface area contributed by atoms with Gasteiger partial charge in [-0.2, -0.15) is 5.10 Å². The van der Waals surface area contributed by atoms with Gasteiger partial charge in [-0.15, -0.1) is 0 Å². The second kappa shape index (κ2) is 5.37. The second-order valence-corrected chi connectivity index (χ2v) is 6.61. The lowest BCUT2D eigenvalue weighted by Gasteiger charge is -2.28. The number of aromatic amines is 1. The van der Waals surface area contributed by atoms with Gasteiger partial charge in [0.25, 0.3) is 0 Å². The highest BCUT2D eigenvalue weighted by molar-refractivity contribution is 5.80. The molecule has 1 aromatic carbocycles. The van der Waals surface area contributed by atoms with Crippen LogP contribution in [0.3, 0.4) is 0 Å². The van der Waals surface area contributed by atoms with Crippen molar-refractivity contribution in [3.8, 4) is 0 Å². The summed E-state index contributed by atoms with van der Waals surface area (Å²) in [5, 5.41) is 6.63. The summed E-state index contributed by atoms with van der Waals surface area (Å²) in [6, 6.07) is 8.36. The van der Waals surface area contributed by atoms with Crippen molar-refractivity contribution in [2.45, 2.75) is 51.2 Å². The summed E-state index contributed by atoms with van der Waals surface area (Å²) in [7, 11) is 0. The molecule has 2 atom stereocenters. The molecule has 120 valence electrons. The van der Waals surface area contributed by atoms with Crippen LogP contribution in [0.15, 0.2) is 29.1 Å². The van der Waals surface area contributed by atoms with Gasteiger partial charge < -0.3 is 4.90 Å². The molecule has 1 aromatic heterocycles. The number of nitrogens with zero attached hydrogens (tertiary/aromatic N) is 3. The highest BCUT2D eigenvalue weighted by Gasteiger charge is 2.40. The Morgan fingerprint density at radius 1 is 1.35 bits per heavy atom. The predicted octanol–water partition coefficient (Wildman–Crippen LogP) is 1.04. The van der Waals surface area contributed by atoms with Crippen molar-refractivity contribution in [1.29, 1.82) is 0 Å². The van der Waals surface area contributed by atoms with E-state index in [0.29, 0.717) is 19.4 Å². The molecule has 0 saturated carbocycles. The number of nitrogens with one attached hydrogen (secondary N) is 1. The Hall–Kier alpha value is -2.37. The van der Waals surface area contributed by atoms with Crippen LogP contribution in [0.1, 0.15) is 29.8 Å². The van der Waals surface area contributed by atoms with E-state index in [9.17, 15) is 9.59 Å². The van der Waals surface area contributed by atoms with E-state index in [2.05, 4.69) is 16.3 Å². The van der Waals surface area contributed by atoms with Gasteiger partial charge in [0.1, 0.15) is 5.82 Å². The van der Waals surface area contributed by atoms with E-state index in [1.165, 1.54) is 5.56 Å². The zero-order valence-electron chi connectivity index (χ0n) is 13.2. The van der Waals surface area contributed by atoms with E-state index in [1.54, 1.807) is 4.57 Å². The van der Waals surface area contributed by atoms with E-state index in [0.717, 1.165) is 24.2 Å². The van der Waals surface area contributed by atoms with Crippen molar-refractivity contribution in [3.05, 3.63) is 51.7 Å². The predicted molar refractivity (Wildman–Crippen MR) is 85.1 cm³/mol. The quantitative estimate of drug-likeness (QED) is 0.900. The number of rotatable bonds is 2. The second-order valence-electron chi connectivity index (χ2n) is 6.61. The third-order valence-corrected chi connectivity index (χ3v) is 4.99. The Morgan fingerprint density at radius 3 is 3.00 bits per heavy atom. The van der Waals surface area contributed by atoms with Crippen LogP contribution in [0, 0.1) is 6.92 Å². The zero-order valence-corrected chi connectivity index (χ0v) is 13.2. The summed E-state index contributed by atoms with van der Waals surface area (Å²) in [4.78, 5) is 26.7. The Bertz CT molecular complexity index is 807. The maximum Gasteiger partial charge on any atom is 0.343 e. The molecular weight excluding hydrogens is 292 g/mol. The summed E-state index contributed by atoms with van der Waals surface area (Å²) in [5.41, 5.74) is 2.05. The molecule has 0 spiro atoms. The monoisotopic (exact) mass is 312 g/mol. The number of hydrogen-bond acceptors (Lipinski definition) is 3. The van der Waals surface area contributed by atoms with Crippen LogP contribution in [0.25, 0.3) is 0 Å². The first-order valence-corrected chi connectivity index (χ1v) is 8.12. The molecule has 2 bridgehead atoms. The van der Waals surface area contributed by atoms with Crippen molar-refractivity contribution in [3.63, 3.8) is 0 Å². The molecule has 6 heteroatoms. The first kappa shape index (κ1) is 14.2. The van der Waals surface area contributed by atoms with Crippen molar-refractivity contribution in [2.75, 3.05) is 0 Å². The van der Waals surface area contributed by atoms with Crippen molar-refractivity contribution in [2.24, 2.45) is 0 Å². The zero-order chi connectivity index (χ0) is 16.0. The molecule has 2 aromatic rings. The number of amides is 1. The largest absolute Gasteiger partial charge is 0.343 e. The van der Waals surface area contributed by atoms with Gasteiger partial charge in [0.05, 0.1) is 12.5 Å². The van der Waals surface area contributed by atoms with Crippen molar-refractivity contribution < 1.29 is 4.79 Å². The molecule has 6 nitrogen and oxygen atoms in total. The van der Waals surface area contributed by atoms with Crippen LogP contribution in [-0.2, 0) is 24.2 Å². The van der Waals surface area contributed by atoms with Crippen LogP contribution in [-0.4, -0.2) is 37.7 Å². The fourth-order valence-corrected chi connectivity index (χ4v) is 3.95. The van der Waals surface area contributed by atoms with Gasteiger partial charge in [-0.1, -0.05) is 29.8 Å². The molecule has 0 unspecified atom stereocenters. The smallest absolute Gasteiger partial charge is 0.334 e. The first-order chi connectivity index (χ1) is 11.1. The number of H-pyrrole nitrogens is 1. The number of aryl methyl sites for hydroxylation is 1. The fourth-order valence-electron chi connectivity index (χ4n) is 3.95. The van der Waals surface area contributed by atoms with Gasteiger partial charge in [-0.3, -0.25) is 9.36 Å². The average molecular weight is 312 g/mol. The first-order valence-electron chi connectivity index (χ1n) is 8.12. The van der Waals surface area contributed by atoms with Crippen LogP contribution in [0.4, 0.5) is 0 Å². The van der Waals surface area contributed by atoms with E-state index in [1.807, 2.05) is 30.0 Å². The van der Waals surface area contributed by atoms with Gasteiger partial charge in [0, 0.05) is 19.0 Å². The SMILES string of the molecule is Cc1cccc(CC(=O)N2[C@@H]3CC[C@H]2Cc2n[nH]c(=O)n2C3)c1. The molecule has 1 amide bonds. The van der Waals surface area contributed by atoms with Crippen molar-refractivity contribution in [1.82, 2.24) is 19.7 Å². The number of hydrogen-bond donors (Lipinski definition) is 1. The molecule has 0 radical (unpaired) electrons. The minimum absolute atomic E-state index is 0.105. The molecular formula is C17H20N4O2. The summed E-state index contributed by atoms with van der Waals surface area (Å²) in [5.74, 6) is 0.931. The summed E-state index contributed by atoms with van der Waals surface area (Å²) in [6.07, 6.45) is 3.04. The van der Waals surface area contributed by atoms with Gasteiger partial charge in [-0.25, -0.2) is 9.89 Å². The Labute approximate surface area is 134 Å². The number of carbonyl (C=O) groups excluding carboxylic acids is 1. The van der Waals surface area contributed by atoms with Crippen LogP contribution >= 0.6 is 0 Å². The summed E-state index contributed by atoms with van der Waals surface area (Å²) < 4.78 is 1.69. The standard InChI is InChI=1S/C17H20N4O2/c1-11-3-2-4-12(7-11)8-16(22)21-13-5-6-14(21)10-20-15(9-13)18-19-17(20)23/h2-4,7,13-14H,5-6,8-10H2,1H3,(H,19,23)/t13-,14+/m0/s1. The highest BCUT2D eigenvalue weighted by Crippen LogP contribution is 2.30. The Morgan fingerprint density at radius 2 is 2.17 bits per heavy atom. The van der Waals surface area contributed by atoms with E-state index < -0.39 is 0 Å². The van der Waals surface area contributed by atoms with Crippen LogP contribution in [0.5, 0.6) is 0 Å². The molecule has 2 aliphatic rings. The molecule has 1 N–H and O–H groups in total. The lowest BCUT2D eigenvalue weighted by Crippen LogP contribution is -2.43. The number of benzene rings is 1. The topological polar surface area (TPSA) is 71.0 Å². The molecule has 3 heterocycles. The number of carbonyl (C=O) groups is 1. The normalized spacial score (nSPS) is 22.7. The molecule has 4 rings (SSSR count). The summed E-state index contributed by atoms with van der Waals surface area (Å²) in [6.45, 7) is 2.59.